The van der Waals surface area contributed by atoms with Crippen molar-refractivity contribution in [2.24, 2.45) is 0 Å². The zero-order valence-corrected chi connectivity index (χ0v) is 12.0. The van der Waals surface area contributed by atoms with Crippen LogP contribution in [0.3, 0.4) is 0 Å². The molecule has 0 bridgehead atoms. The van der Waals surface area contributed by atoms with Crippen LogP contribution in [0.5, 0.6) is 0 Å². The van der Waals surface area contributed by atoms with Crippen LogP contribution in [-0.2, 0) is 4.74 Å². The van der Waals surface area contributed by atoms with E-state index in [4.69, 9.17) is 4.74 Å². The van der Waals surface area contributed by atoms with Crippen molar-refractivity contribution in [3.8, 4) is 0 Å². The number of aromatic amines is 1. The lowest BCUT2D eigenvalue weighted by molar-refractivity contribution is 0.108. The quantitative estimate of drug-likeness (QED) is 0.772. The maximum Gasteiger partial charge on any atom is 0.282 e. The van der Waals surface area contributed by atoms with Crippen LogP contribution in [-0.4, -0.2) is 31.4 Å². The molecule has 1 atom stereocenters. The highest BCUT2D eigenvalue weighted by Gasteiger charge is 2.20. The third-order valence-corrected chi connectivity index (χ3v) is 3.75. The molecule has 0 aromatic carbocycles. The van der Waals surface area contributed by atoms with Gasteiger partial charge in [-0.3, -0.25) is 5.10 Å². The summed E-state index contributed by atoms with van der Waals surface area (Å²) in [4.78, 5) is 4.18. The van der Waals surface area contributed by atoms with Gasteiger partial charge in [-0.15, -0.1) is 0 Å². The van der Waals surface area contributed by atoms with Crippen LogP contribution in [0.1, 0.15) is 36.8 Å². The number of ether oxygens (including phenoxy) is 1. The Morgan fingerprint density at radius 2 is 2.30 bits per heavy atom. The summed E-state index contributed by atoms with van der Waals surface area (Å²) in [6, 6.07) is 3.15. The predicted molar refractivity (Wildman–Crippen MR) is 77.7 cm³/mol. The van der Waals surface area contributed by atoms with Gasteiger partial charge in [0.2, 0.25) is 0 Å². The summed E-state index contributed by atoms with van der Waals surface area (Å²) in [5, 5.41) is 14.0. The fraction of sp³-hybridized carbons (Fsp3) is 0.357. The molecule has 1 aliphatic heterocycles. The van der Waals surface area contributed by atoms with Gasteiger partial charge in [0.1, 0.15) is 11.2 Å². The minimum atomic E-state index is -2.63. The molecule has 9 heteroatoms. The van der Waals surface area contributed by atoms with E-state index in [1.165, 1.54) is 23.0 Å². The Morgan fingerprint density at radius 1 is 1.39 bits per heavy atom. The van der Waals surface area contributed by atoms with Crippen LogP contribution in [0.25, 0.3) is 5.52 Å². The van der Waals surface area contributed by atoms with E-state index >= 15 is 0 Å². The number of anilines is 2. The molecule has 4 heterocycles. The number of hydrogen-bond acceptors (Lipinski definition) is 5. The van der Waals surface area contributed by atoms with Crippen molar-refractivity contribution < 1.29 is 13.5 Å². The zero-order valence-electron chi connectivity index (χ0n) is 12.0. The predicted octanol–water partition coefficient (Wildman–Crippen LogP) is 2.99. The summed E-state index contributed by atoms with van der Waals surface area (Å²) in [7, 11) is 0. The molecule has 4 rings (SSSR count). The summed E-state index contributed by atoms with van der Waals surface area (Å²) in [6.45, 7) is 0.750. The second kappa shape index (κ2) is 5.58. The number of hydrogen-bond donors (Lipinski definition) is 2. The van der Waals surface area contributed by atoms with Crippen molar-refractivity contribution in [3.63, 3.8) is 0 Å². The minimum absolute atomic E-state index is 0.0298. The van der Waals surface area contributed by atoms with Gasteiger partial charge in [-0.2, -0.15) is 10.2 Å². The van der Waals surface area contributed by atoms with Gasteiger partial charge in [0.15, 0.2) is 11.6 Å². The monoisotopic (exact) mass is 320 g/mol. The summed E-state index contributed by atoms with van der Waals surface area (Å²) >= 11 is 0. The van der Waals surface area contributed by atoms with Crippen molar-refractivity contribution in [2.75, 3.05) is 11.9 Å². The smallest absolute Gasteiger partial charge is 0.282 e. The van der Waals surface area contributed by atoms with Crippen LogP contribution in [0.4, 0.5) is 20.4 Å². The maximum absolute atomic E-state index is 12.8. The molecule has 120 valence electrons. The summed E-state index contributed by atoms with van der Waals surface area (Å²) in [5.74, 6) is 0.966. The van der Waals surface area contributed by atoms with Crippen molar-refractivity contribution in [3.05, 3.63) is 35.9 Å². The van der Waals surface area contributed by atoms with Gasteiger partial charge >= 0.3 is 0 Å². The SMILES string of the molecule is FC(F)c1cc2c(Nc3cc([C@H]4CCCO4)[nH]n3)nccn2n1. The second-order valence-electron chi connectivity index (χ2n) is 5.31. The molecule has 7 nitrogen and oxygen atoms in total. The van der Waals surface area contributed by atoms with Crippen LogP contribution in [0.2, 0.25) is 0 Å². The van der Waals surface area contributed by atoms with Gasteiger partial charge in [-0.25, -0.2) is 18.3 Å². The van der Waals surface area contributed by atoms with Gasteiger partial charge in [0, 0.05) is 25.1 Å². The van der Waals surface area contributed by atoms with Crippen LogP contribution in [0, 0.1) is 0 Å². The van der Waals surface area contributed by atoms with E-state index in [0.29, 0.717) is 17.2 Å². The number of aromatic nitrogens is 5. The average molecular weight is 320 g/mol. The molecule has 3 aromatic heterocycles. The molecule has 0 radical (unpaired) electrons. The van der Waals surface area contributed by atoms with Crippen molar-refractivity contribution in [1.29, 1.82) is 0 Å². The first-order valence-corrected chi connectivity index (χ1v) is 7.27. The minimum Gasteiger partial charge on any atom is -0.372 e. The molecule has 0 saturated carbocycles. The fourth-order valence-corrected chi connectivity index (χ4v) is 2.65. The number of fused-ring (bicyclic) bond motifs is 1. The van der Waals surface area contributed by atoms with Crippen molar-refractivity contribution in [2.45, 2.75) is 25.4 Å². The first kappa shape index (κ1) is 14.1. The van der Waals surface area contributed by atoms with E-state index in [0.717, 1.165) is 25.1 Å². The summed E-state index contributed by atoms with van der Waals surface area (Å²) in [5.41, 5.74) is 1.06. The lowest BCUT2D eigenvalue weighted by Gasteiger charge is -2.05. The standard InChI is InChI=1S/C14H14F2N6O/c15-13(16)9-6-10-14(17-3-4-22(10)21-9)18-12-7-8(19-20-12)11-2-1-5-23-11/h3-4,6-7,11,13H,1-2,5H2,(H2,17,18,19,20)/t11-/m1/s1. The van der Waals surface area contributed by atoms with E-state index in [1.807, 2.05) is 6.07 Å². The van der Waals surface area contributed by atoms with Gasteiger partial charge in [0.05, 0.1) is 11.8 Å². The lowest BCUT2D eigenvalue weighted by atomic mass is 10.2. The first-order valence-electron chi connectivity index (χ1n) is 7.27. The van der Waals surface area contributed by atoms with E-state index in [9.17, 15) is 8.78 Å². The Morgan fingerprint density at radius 3 is 3.09 bits per heavy atom. The summed E-state index contributed by atoms with van der Waals surface area (Å²) < 4.78 is 32.5. The Hall–Kier alpha value is -2.55. The van der Waals surface area contributed by atoms with E-state index < -0.39 is 6.43 Å². The topological polar surface area (TPSA) is 80.1 Å². The molecule has 0 unspecified atom stereocenters. The van der Waals surface area contributed by atoms with Crippen LogP contribution in [0.15, 0.2) is 24.5 Å². The number of nitrogens with zero attached hydrogens (tertiary/aromatic N) is 4. The number of halogens is 2. The number of nitrogens with one attached hydrogen (secondary N) is 2. The van der Waals surface area contributed by atoms with E-state index in [2.05, 4.69) is 25.6 Å². The molecule has 1 aliphatic rings. The molecular weight excluding hydrogens is 306 g/mol. The highest BCUT2D eigenvalue weighted by Crippen LogP contribution is 2.29. The first-order chi connectivity index (χ1) is 11.2. The number of rotatable bonds is 4. The Labute approximate surface area is 129 Å². The summed E-state index contributed by atoms with van der Waals surface area (Å²) in [6.07, 6.45) is 2.40. The number of alkyl halides is 2. The largest absolute Gasteiger partial charge is 0.372 e. The van der Waals surface area contributed by atoms with Crippen LogP contribution < -0.4 is 5.32 Å². The second-order valence-corrected chi connectivity index (χ2v) is 5.31. The van der Waals surface area contributed by atoms with Crippen molar-refractivity contribution >= 4 is 17.2 Å². The molecular formula is C14H14F2N6O. The molecule has 0 amide bonds. The molecule has 1 fully saturated rings. The highest BCUT2D eigenvalue weighted by atomic mass is 19.3. The molecule has 3 aromatic rings. The highest BCUT2D eigenvalue weighted by molar-refractivity contribution is 5.72. The lowest BCUT2D eigenvalue weighted by Crippen LogP contribution is -1.98. The van der Waals surface area contributed by atoms with Gasteiger partial charge in [0.25, 0.3) is 6.43 Å². The Bertz CT molecular complexity index is 824. The van der Waals surface area contributed by atoms with Crippen molar-refractivity contribution in [1.82, 2.24) is 24.8 Å². The molecule has 0 aliphatic carbocycles. The molecule has 23 heavy (non-hydrogen) atoms. The van der Waals surface area contributed by atoms with Crippen LogP contribution >= 0.6 is 0 Å². The van der Waals surface area contributed by atoms with Gasteiger partial charge in [-0.1, -0.05) is 0 Å². The normalized spacial score (nSPS) is 18.1. The number of H-pyrrole nitrogens is 1. The van der Waals surface area contributed by atoms with E-state index in [-0.39, 0.29) is 11.8 Å². The molecule has 2 N–H and O–H groups in total. The third-order valence-electron chi connectivity index (χ3n) is 3.75. The Kier molecular flexibility index (Phi) is 3.41. The van der Waals surface area contributed by atoms with Gasteiger partial charge in [-0.05, 0) is 18.9 Å². The molecule has 0 spiro atoms. The zero-order chi connectivity index (χ0) is 15.8. The maximum atomic E-state index is 12.8. The Balaban J connectivity index is 1.62. The van der Waals surface area contributed by atoms with E-state index in [1.54, 1.807) is 0 Å². The third kappa shape index (κ3) is 2.63. The van der Waals surface area contributed by atoms with Gasteiger partial charge < -0.3 is 10.1 Å². The fourth-order valence-electron chi connectivity index (χ4n) is 2.65. The molecule has 1 saturated heterocycles. The average Bonchev–Trinajstić information content (AvgIpc) is 3.27.